The Morgan fingerprint density at radius 1 is 1.24 bits per heavy atom. The summed E-state index contributed by atoms with van der Waals surface area (Å²) in [7, 11) is 0. The van der Waals surface area contributed by atoms with Crippen LogP contribution in [-0.2, 0) is 6.54 Å². The van der Waals surface area contributed by atoms with Crippen molar-refractivity contribution in [3.05, 3.63) is 29.3 Å². The smallest absolute Gasteiger partial charge is 0.191 e. The van der Waals surface area contributed by atoms with Gasteiger partial charge in [0.05, 0.1) is 0 Å². The third kappa shape index (κ3) is 3.73. The fourth-order valence-corrected chi connectivity index (χ4v) is 3.24. The number of halogens is 2. The molecule has 1 fully saturated rings. The van der Waals surface area contributed by atoms with E-state index >= 15 is 0 Å². The van der Waals surface area contributed by atoms with Gasteiger partial charge in [-0.1, -0.05) is 27.2 Å². The second-order valence-electron chi connectivity index (χ2n) is 6.58. The molecule has 0 amide bonds. The summed E-state index contributed by atoms with van der Waals surface area (Å²) in [4.78, 5) is 0. The van der Waals surface area contributed by atoms with Crippen LogP contribution in [0.15, 0.2) is 12.1 Å². The summed E-state index contributed by atoms with van der Waals surface area (Å²) in [5.74, 6) is -0.255. The molecular formula is C17H25F2NO. The Morgan fingerprint density at radius 2 is 1.86 bits per heavy atom. The summed E-state index contributed by atoms with van der Waals surface area (Å²) in [6, 6.07) is 2.52. The molecule has 0 radical (unpaired) electrons. The van der Waals surface area contributed by atoms with E-state index in [1.807, 2.05) is 0 Å². The Bertz CT molecular complexity index is 467. The third-order valence-corrected chi connectivity index (χ3v) is 4.52. The highest BCUT2D eigenvalue weighted by Gasteiger charge is 2.33. The fourth-order valence-electron chi connectivity index (χ4n) is 3.24. The summed E-state index contributed by atoms with van der Waals surface area (Å²) >= 11 is 0. The first kappa shape index (κ1) is 16.2. The van der Waals surface area contributed by atoms with Gasteiger partial charge in [0.25, 0.3) is 0 Å². The molecule has 118 valence electrons. The van der Waals surface area contributed by atoms with Crippen molar-refractivity contribution in [2.45, 2.75) is 52.7 Å². The standard InChI is InChI=1S/C17H25F2NO/c1-10(2)13-5-4-11(3)6-16(13)21-17-14(18)7-12(9-20)8-15(17)19/h7-8,10-11,13,16H,4-6,9,20H2,1-3H3. The van der Waals surface area contributed by atoms with Crippen LogP contribution in [0.1, 0.15) is 45.6 Å². The van der Waals surface area contributed by atoms with E-state index in [0.717, 1.165) is 19.3 Å². The molecule has 2 rings (SSSR count). The summed E-state index contributed by atoms with van der Waals surface area (Å²) in [5, 5.41) is 0. The molecule has 2 N–H and O–H groups in total. The van der Waals surface area contributed by atoms with Crippen molar-refractivity contribution in [1.29, 1.82) is 0 Å². The van der Waals surface area contributed by atoms with Crippen LogP contribution in [0.3, 0.4) is 0 Å². The van der Waals surface area contributed by atoms with E-state index < -0.39 is 11.6 Å². The van der Waals surface area contributed by atoms with Gasteiger partial charge in [0.1, 0.15) is 6.10 Å². The maximum Gasteiger partial charge on any atom is 0.191 e. The molecule has 0 heterocycles. The van der Waals surface area contributed by atoms with Crippen LogP contribution in [0.4, 0.5) is 8.78 Å². The largest absolute Gasteiger partial charge is 0.484 e. The van der Waals surface area contributed by atoms with Crippen molar-refractivity contribution in [2.75, 3.05) is 0 Å². The van der Waals surface area contributed by atoms with E-state index in [1.54, 1.807) is 0 Å². The van der Waals surface area contributed by atoms with Gasteiger partial charge in [-0.3, -0.25) is 0 Å². The van der Waals surface area contributed by atoms with Crippen molar-refractivity contribution in [3.8, 4) is 5.75 Å². The second kappa shape index (κ2) is 6.73. The molecule has 0 saturated heterocycles. The minimum absolute atomic E-state index is 0.114. The average Bonchev–Trinajstić information content (AvgIpc) is 2.42. The topological polar surface area (TPSA) is 35.2 Å². The molecule has 21 heavy (non-hydrogen) atoms. The van der Waals surface area contributed by atoms with Crippen LogP contribution in [-0.4, -0.2) is 6.10 Å². The molecular weight excluding hydrogens is 272 g/mol. The SMILES string of the molecule is CC1CCC(C(C)C)C(Oc2c(F)cc(CN)cc2F)C1. The highest BCUT2D eigenvalue weighted by molar-refractivity contribution is 5.31. The lowest BCUT2D eigenvalue weighted by Gasteiger charge is -2.37. The van der Waals surface area contributed by atoms with E-state index in [4.69, 9.17) is 10.5 Å². The Balaban J connectivity index is 2.22. The van der Waals surface area contributed by atoms with Crippen LogP contribution in [0.2, 0.25) is 0 Å². The van der Waals surface area contributed by atoms with Crippen molar-refractivity contribution < 1.29 is 13.5 Å². The lowest BCUT2D eigenvalue weighted by molar-refractivity contribution is 0.0400. The second-order valence-corrected chi connectivity index (χ2v) is 6.58. The third-order valence-electron chi connectivity index (χ3n) is 4.52. The Hall–Kier alpha value is -1.16. The summed E-state index contributed by atoms with van der Waals surface area (Å²) in [5.41, 5.74) is 5.87. The number of ether oxygens (including phenoxy) is 1. The predicted molar refractivity (Wildman–Crippen MR) is 80.0 cm³/mol. The maximum absolute atomic E-state index is 14.1. The van der Waals surface area contributed by atoms with E-state index in [1.165, 1.54) is 12.1 Å². The van der Waals surface area contributed by atoms with Gasteiger partial charge in [-0.05, 0) is 48.3 Å². The number of nitrogens with two attached hydrogens (primary N) is 1. The van der Waals surface area contributed by atoms with E-state index in [9.17, 15) is 8.78 Å². The molecule has 3 unspecified atom stereocenters. The number of rotatable bonds is 4. The van der Waals surface area contributed by atoms with E-state index in [2.05, 4.69) is 20.8 Å². The monoisotopic (exact) mass is 297 g/mol. The normalized spacial score (nSPS) is 26.1. The van der Waals surface area contributed by atoms with Crippen molar-refractivity contribution in [1.82, 2.24) is 0 Å². The first-order valence-electron chi connectivity index (χ1n) is 7.77. The van der Waals surface area contributed by atoms with Gasteiger partial charge < -0.3 is 10.5 Å². The van der Waals surface area contributed by atoms with Crippen LogP contribution >= 0.6 is 0 Å². The molecule has 1 aromatic carbocycles. The maximum atomic E-state index is 14.1. The minimum atomic E-state index is -0.656. The zero-order valence-corrected chi connectivity index (χ0v) is 13.0. The van der Waals surface area contributed by atoms with Gasteiger partial charge >= 0.3 is 0 Å². The van der Waals surface area contributed by atoms with Crippen LogP contribution < -0.4 is 10.5 Å². The molecule has 4 heteroatoms. The molecule has 1 aromatic rings. The van der Waals surface area contributed by atoms with Crippen molar-refractivity contribution in [2.24, 2.45) is 23.5 Å². The molecule has 1 aliphatic rings. The Morgan fingerprint density at radius 3 is 2.38 bits per heavy atom. The zero-order valence-electron chi connectivity index (χ0n) is 13.0. The van der Waals surface area contributed by atoms with Crippen LogP contribution in [0, 0.1) is 29.4 Å². The number of benzene rings is 1. The van der Waals surface area contributed by atoms with Gasteiger partial charge in [-0.15, -0.1) is 0 Å². The summed E-state index contributed by atoms with van der Waals surface area (Å²) in [6.45, 7) is 6.56. The average molecular weight is 297 g/mol. The highest BCUT2D eigenvalue weighted by atomic mass is 19.1. The van der Waals surface area contributed by atoms with Crippen LogP contribution in [0.5, 0.6) is 5.75 Å². The Labute approximate surface area is 125 Å². The minimum Gasteiger partial charge on any atom is -0.484 e. The molecule has 0 bridgehead atoms. The van der Waals surface area contributed by atoms with E-state index in [0.29, 0.717) is 23.3 Å². The van der Waals surface area contributed by atoms with Crippen LogP contribution in [0.25, 0.3) is 0 Å². The lowest BCUT2D eigenvalue weighted by atomic mass is 9.75. The number of hydrogen-bond acceptors (Lipinski definition) is 2. The van der Waals surface area contributed by atoms with Gasteiger partial charge in [0.2, 0.25) is 0 Å². The van der Waals surface area contributed by atoms with Gasteiger partial charge in [-0.2, -0.15) is 0 Å². The van der Waals surface area contributed by atoms with Gasteiger partial charge in [0, 0.05) is 6.54 Å². The molecule has 1 saturated carbocycles. The first-order valence-corrected chi connectivity index (χ1v) is 7.77. The molecule has 1 aliphatic carbocycles. The lowest BCUT2D eigenvalue weighted by Crippen LogP contribution is -2.36. The first-order chi connectivity index (χ1) is 9.92. The molecule has 0 spiro atoms. The quantitative estimate of drug-likeness (QED) is 0.901. The summed E-state index contributed by atoms with van der Waals surface area (Å²) < 4.78 is 33.9. The number of hydrogen-bond donors (Lipinski definition) is 1. The molecule has 2 nitrogen and oxygen atoms in total. The van der Waals surface area contributed by atoms with Crippen molar-refractivity contribution in [3.63, 3.8) is 0 Å². The Kier molecular flexibility index (Phi) is 5.20. The summed E-state index contributed by atoms with van der Waals surface area (Å²) in [6.07, 6.45) is 2.93. The molecule has 0 aliphatic heterocycles. The predicted octanol–water partition coefficient (Wildman–Crippen LogP) is 4.26. The van der Waals surface area contributed by atoms with Crippen molar-refractivity contribution >= 4 is 0 Å². The van der Waals surface area contributed by atoms with E-state index in [-0.39, 0.29) is 18.4 Å². The fraction of sp³-hybridized carbons (Fsp3) is 0.647. The van der Waals surface area contributed by atoms with Gasteiger partial charge in [-0.25, -0.2) is 8.78 Å². The molecule has 0 aromatic heterocycles. The van der Waals surface area contributed by atoms with Gasteiger partial charge in [0.15, 0.2) is 17.4 Å². The highest BCUT2D eigenvalue weighted by Crippen LogP contribution is 2.37. The molecule has 3 atom stereocenters. The zero-order chi connectivity index (χ0) is 15.6.